The van der Waals surface area contributed by atoms with Crippen LogP contribution >= 0.6 is 0 Å². The summed E-state index contributed by atoms with van der Waals surface area (Å²) in [5.41, 5.74) is 3.27. The van der Waals surface area contributed by atoms with E-state index >= 15 is 0 Å². The second kappa shape index (κ2) is 4.05. The second-order valence-electron chi connectivity index (χ2n) is 3.15. The molecule has 15 heavy (non-hydrogen) atoms. The molecule has 0 radical (unpaired) electrons. The summed E-state index contributed by atoms with van der Waals surface area (Å²) in [4.78, 5) is 20.3. The number of hydrogen-bond donors (Lipinski definition) is 2. The minimum absolute atomic E-state index is 0.337. The van der Waals surface area contributed by atoms with Gasteiger partial charge in [-0.15, -0.1) is 0 Å². The van der Waals surface area contributed by atoms with Crippen molar-refractivity contribution in [1.82, 2.24) is 0 Å². The first-order chi connectivity index (χ1) is 6.97. The standard InChI is InChI=1S/C9H10N2O4/c10-9(8(12)13,11(14)15)6-7-4-2-1-3-5-7/h1-5H,6,10H2,(H,12,13). The summed E-state index contributed by atoms with van der Waals surface area (Å²) in [7, 11) is 0. The number of carbonyl (C=O) groups is 1. The maximum absolute atomic E-state index is 10.7. The van der Waals surface area contributed by atoms with Crippen LogP contribution < -0.4 is 5.73 Å². The van der Waals surface area contributed by atoms with E-state index in [0.29, 0.717) is 5.56 Å². The summed E-state index contributed by atoms with van der Waals surface area (Å²) < 4.78 is 0. The highest BCUT2D eigenvalue weighted by Gasteiger charge is 2.47. The third kappa shape index (κ3) is 2.29. The maximum atomic E-state index is 10.7. The lowest BCUT2D eigenvalue weighted by molar-refractivity contribution is -0.553. The summed E-state index contributed by atoms with van der Waals surface area (Å²) in [5.74, 6) is -1.64. The van der Waals surface area contributed by atoms with E-state index in [0.717, 1.165) is 0 Å². The van der Waals surface area contributed by atoms with Crippen LogP contribution in [0.5, 0.6) is 0 Å². The van der Waals surface area contributed by atoms with Gasteiger partial charge in [0.25, 0.3) is 0 Å². The normalized spacial score (nSPS) is 14.2. The zero-order valence-electron chi connectivity index (χ0n) is 7.79. The van der Waals surface area contributed by atoms with Crippen LogP contribution in [0.3, 0.4) is 0 Å². The van der Waals surface area contributed by atoms with Gasteiger partial charge in [0.15, 0.2) is 0 Å². The van der Waals surface area contributed by atoms with Crippen LogP contribution in [0.15, 0.2) is 30.3 Å². The Bertz CT molecular complexity index is 363. The molecule has 0 aromatic heterocycles. The largest absolute Gasteiger partial charge is 0.475 e. The predicted molar refractivity (Wildman–Crippen MR) is 51.7 cm³/mol. The van der Waals surface area contributed by atoms with Gasteiger partial charge in [-0.1, -0.05) is 30.3 Å². The molecule has 1 aromatic rings. The summed E-state index contributed by atoms with van der Waals surface area (Å²) in [6.45, 7) is 0. The molecule has 0 aliphatic heterocycles. The number of rotatable bonds is 4. The van der Waals surface area contributed by atoms with Gasteiger partial charge < -0.3 is 5.11 Å². The third-order valence-corrected chi connectivity index (χ3v) is 2.01. The first kappa shape index (κ1) is 11.1. The van der Waals surface area contributed by atoms with Crippen molar-refractivity contribution in [3.05, 3.63) is 46.0 Å². The molecule has 1 atom stereocenters. The van der Waals surface area contributed by atoms with E-state index in [-0.39, 0.29) is 6.42 Å². The van der Waals surface area contributed by atoms with Gasteiger partial charge in [0.2, 0.25) is 0 Å². The van der Waals surface area contributed by atoms with E-state index < -0.39 is 16.6 Å². The Balaban J connectivity index is 2.95. The van der Waals surface area contributed by atoms with E-state index in [9.17, 15) is 14.9 Å². The van der Waals surface area contributed by atoms with Crippen LogP contribution in [0.2, 0.25) is 0 Å². The van der Waals surface area contributed by atoms with Crippen LogP contribution in [-0.4, -0.2) is 21.7 Å². The lowest BCUT2D eigenvalue weighted by Gasteiger charge is -2.15. The number of carboxylic acids is 1. The van der Waals surface area contributed by atoms with Crippen molar-refractivity contribution in [3.8, 4) is 0 Å². The lowest BCUT2D eigenvalue weighted by atomic mass is 10.0. The molecule has 0 bridgehead atoms. The van der Waals surface area contributed by atoms with E-state index in [1.165, 1.54) is 0 Å². The Hall–Kier alpha value is -1.95. The fourth-order valence-corrected chi connectivity index (χ4v) is 1.13. The molecule has 0 aliphatic carbocycles. The number of carboxylic acid groups (broad SMARTS) is 1. The highest BCUT2D eigenvalue weighted by atomic mass is 16.6. The second-order valence-corrected chi connectivity index (χ2v) is 3.15. The van der Waals surface area contributed by atoms with Gasteiger partial charge in [-0.05, 0) is 5.56 Å². The molecule has 1 unspecified atom stereocenters. The van der Waals surface area contributed by atoms with E-state index in [1.54, 1.807) is 30.3 Å². The highest BCUT2D eigenvalue weighted by Crippen LogP contribution is 2.12. The maximum Gasteiger partial charge on any atom is 0.399 e. The van der Waals surface area contributed by atoms with Crippen molar-refractivity contribution in [2.45, 2.75) is 12.1 Å². The average molecular weight is 210 g/mol. The molecule has 80 valence electrons. The number of nitrogens with two attached hydrogens (primary N) is 1. The number of hydrogen-bond acceptors (Lipinski definition) is 4. The van der Waals surface area contributed by atoms with Crippen molar-refractivity contribution in [2.75, 3.05) is 0 Å². The van der Waals surface area contributed by atoms with Crippen molar-refractivity contribution in [1.29, 1.82) is 0 Å². The quantitative estimate of drug-likeness (QED) is 0.420. The van der Waals surface area contributed by atoms with Crippen molar-refractivity contribution in [2.24, 2.45) is 5.73 Å². The molecule has 6 nitrogen and oxygen atoms in total. The Morgan fingerprint density at radius 2 is 2.00 bits per heavy atom. The number of nitro groups is 1. The van der Waals surface area contributed by atoms with Gasteiger partial charge in [0.1, 0.15) is 0 Å². The van der Waals surface area contributed by atoms with E-state index in [2.05, 4.69) is 0 Å². The lowest BCUT2D eigenvalue weighted by Crippen LogP contribution is -2.56. The Morgan fingerprint density at radius 1 is 1.47 bits per heavy atom. The first-order valence-corrected chi connectivity index (χ1v) is 4.17. The minimum atomic E-state index is -2.46. The molecule has 0 spiro atoms. The Morgan fingerprint density at radius 3 is 2.40 bits per heavy atom. The summed E-state index contributed by atoms with van der Waals surface area (Å²) >= 11 is 0. The summed E-state index contributed by atoms with van der Waals surface area (Å²) in [6.07, 6.45) is -0.337. The summed E-state index contributed by atoms with van der Waals surface area (Å²) in [5, 5.41) is 19.3. The molecular weight excluding hydrogens is 200 g/mol. The molecule has 0 heterocycles. The van der Waals surface area contributed by atoms with Gasteiger partial charge in [-0.25, -0.2) is 4.79 Å². The monoisotopic (exact) mass is 210 g/mol. The van der Waals surface area contributed by atoms with Gasteiger partial charge in [0, 0.05) is 0 Å². The molecule has 0 saturated heterocycles. The van der Waals surface area contributed by atoms with Gasteiger partial charge in [0.05, 0.1) is 11.3 Å². The Kier molecular flexibility index (Phi) is 3.01. The topological polar surface area (TPSA) is 106 Å². The third-order valence-electron chi connectivity index (χ3n) is 2.01. The van der Waals surface area contributed by atoms with Crippen LogP contribution in [0.4, 0.5) is 0 Å². The molecule has 3 N–H and O–H groups in total. The van der Waals surface area contributed by atoms with Crippen molar-refractivity contribution < 1.29 is 14.8 Å². The van der Waals surface area contributed by atoms with Crippen LogP contribution in [0.25, 0.3) is 0 Å². The SMILES string of the molecule is NC(Cc1ccccc1)(C(=O)O)[N+](=O)[O-]. The molecular formula is C9H10N2O4. The first-order valence-electron chi connectivity index (χ1n) is 4.17. The predicted octanol–water partition coefficient (Wildman–Crippen LogP) is 0.245. The summed E-state index contributed by atoms with van der Waals surface area (Å²) in [6, 6.07) is 8.24. The average Bonchev–Trinajstić information content (AvgIpc) is 2.18. The number of nitrogens with zero attached hydrogens (tertiary/aromatic N) is 1. The Labute approximate surface area is 85.5 Å². The van der Waals surface area contributed by atoms with Gasteiger partial charge in [-0.2, -0.15) is 0 Å². The molecule has 1 rings (SSSR count). The van der Waals surface area contributed by atoms with E-state index in [4.69, 9.17) is 10.8 Å². The fraction of sp³-hybridized carbons (Fsp3) is 0.222. The van der Waals surface area contributed by atoms with Crippen LogP contribution in [0, 0.1) is 10.1 Å². The molecule has 0 saturated carbocycles. The van der Waals surface area contributed by atoms with Gasteiger partial charge in [-0.3, -0.25) is 15.8 Å². The molecule has 0 amide bonds. The van der Waals surface area contributed by atoms with Gasteiger partial charge >= 0.3 is 11.6 Å². The van der Waals surface area contributed by atoms with E-state index in [1.807, 2.05) is 0 Å². The smallest absolute Gasteiger partial charge is 0.399 e. The zero-order valence-corrected chi connectivity index (χ0v) is 7.79. The molecule has 0 fully saturated rings. The number of benzene rings is 1. The fourth-order valence-electron chi connectivity index (χ4n) is 1.13. The molecule has 6 heteroatoms. The van der Waals surface area contributed by atoms with Crippen LogP contribution in [0.1, 0.15) is 5.56 Å². The van der Waals surface area contributed by atoms with Crippen molar-refractivity contribution >= 4 is 5.97 Å². The van der Waals surface area contributed by atoms with Crippen LogP contribution in [-0.2, 0) is 11.2 Å². The zero-order chi connectivity index (χ0) is 11.5. The minimum Gasteiger partial charge on any atom is -0.475 e. The molecule has 1 aromatic carbocycles. The van der Waals surface area contributed by atoms with Crippen molar-refractivity contribution in [3.63, 3.8) is 0 Å². The molecule has 0 aliphatic rings. The number of aliphatic carboxylic acids is 1. The highest BCUT2D eigenvalue weighted by molar-refractivity contribution is 5.76.